The first-order valence-corrected chi connectivity index (χ1v) is 9.57. The highest BCUT2D eigenvalue weighted by atomic mass is 16.4. The predicted molar refractivity (Wildman–Crippen MR) is 117 cm³/mol. The molecule has 0 atom stereocenters. The van der Waals surface area contributed by atoms with Crippen LogP contribution in [0, 0.1) is 18.3 Å². The van der Waals surface area contributed by atoms with Gasteiger partial charge in [0.1, 0.15) is 0 Å². The first kappa shape index (κ1) is 20.1. The van der Waals surface area contributed by atoms with E-state index in [1.165, 1.54) is 0 Å². The van der Waals surface area contributed by atoms with E-state index in [-0.39, 0.29) is 5.56 Å². The van der Waals surface area contributed by atoms with Crippen molar-refractivity contribution in [2.75, 3.05) is 18.0 Å². The number of carboxylic acids is 1. The second kappa shape index (κ2) is 9.03. The smallest absolute Gasteiger partial charge is 0.336 e. The lowest BCUT2D eigenvalue weighted by Crippen LogP contribution is -2.23. The minimum absolute atomic E-state index is 0.249. The summed E-state index contributed by atoms with van der Waals surface area (Å²) in [5.41, 5.74) is 4.75. The van der Waals surface area contributed by atoms with Crippen molar-refractivity contribution >= 4 is 34.7 Å². The van der Waals surface area contributed by atoms with Gasteiger partial charge < -0.3 is 10.0 Å². The molecular formula is C24H23N3O2. The van der Waals surface area contributed by atoms with Gasteiger partial charge in [0.05, 0.1) is 29.3 Å². The van der Waals surface area contributed by atoms with Gasteiger partial charge in [-0.1, -0.05) is 30.3 Å². The van der Waals surface area contributed by atoms with Crippen LogP contribution in [0.3, 0.4) is 0 Å². The van der Waals surface area contributed by atoms with Gasteiger partial charge in [0.15, 0.2) is 0 Å². The molecule has 0 saturated heterocycles. The molecule has 0 aliphatic heterocycles. The number of fused-ring (bicyclic) bond motifs is 1. The minimum atomic E-state index is -0.962. The Kier molecular flexibility index (Phi) is 6.25. The van der Waals surface area contributed by atoms with E-state index in [0.29, 0.717) is 29.6 Å². The summed E-state index contributed by atoms with van der Waals surface area (Å²) in [5.74, 6) is -0.962. The number of anilines is 1. The number of hydrogen-bond acceptors (Lipinski definition) is 4. The minimum Gasteiger partial charge on any atom is -0.478 e. The normalized spacial score (nSPS) is 10.9. The number of carbonyl (C=O) groups is 1. The van der Waals surface area contributed by atoms with E-state index in [4.69, 9.17) is 5.26 Å². The fourth-order valence-electron chi connectivity index (χ4n) is 3.33. The predicted octanol–water partition coefficient (Wildman–Crippen LogP) is 5.15. The second-order valence-electron chi connectivity index (χ2n) is 6.78. The number of aromatic nitrogens is 1. The molecule has 1 N–H and O–H groups in total. The Hall–Kier alpha value is -3.65. The molecule has 0 radical (unpaired) electrons. The Morgan fingerprint density at radius 1 is 1.21 bits per heavy atom. The molecule has 5 heteroatoms. The third-order valence-electron chi connectivity index (χ3n) is 4.89. The fourth-order valence-corrected chi connectivity index (χ4v) is 3.33. The van der Waals surface area contributed by atoms with Crippen molar-refractivity contribution < 1.29 is 9.90 Å². The van der Waals surface area contributed by atoms with E-state index in [1.807, 2.05) is 49.4 Å². The van der Waals surface area contributed by atoms with Crippen LogP contribution in [0.4, 0.5) is 5.69 Å². The molecule has 1 heterocycles. The molecule has 0 spiro atoms. The zero-order chi connectivity index (χ0) is 20.8. The lowest BCUT2D eigenvalue weighted by Gasteiger charge is -2.22. The van der Waals surface area contributed by atoms with Crippen molar-refractivity contribution in [3.63, 3.8) is 0 Å². The van der Waals surface area contributed by atoms with E-state index < -0.39 is 5.97 Å². The van der Waals surface area contributed by atoms with Crippen molar-refractivity contribution in [3.05, 3.63) is 70.9 Å². The summed E-state index contributed by atoms with van der Waals surface area (Å²) in [7, 11) is 0. The largest absolute Gasteiger partial charge is 0.478 e. The number of aryl methyl sites for hydroxylation is 1. The highest BCUT2D eigenvalue weighted by Gasteiger charge is 2.10. The molecule has 0 unspecified atom stereocenters. The summed E-state index contributed by atoms with van der Waals surface area (Å²) in [6.45, 7) is 5.67. The Morgan fingerprint density at radius 3 is 2.69 bits per heavy atom. The molecule has 29 heavy (non-hydrogen) atoms. The Balaban J connectivity index is 1.90. The van der Waals surface area contributed by atoms with Crippen molar-refractivity contribution in [3.8, 4) is 6.07 Å². The third-order valence-corrected chi connectivity index (χ3v) is 4.89. The van der Waals surface area contributed by atoms with Gasteiger partial charge in [-0.05, 0) is 55.3 Å². The van der Waals surface area contributed by atoms with Crippen molar-refractivity contribution in [1.82, 2.24) is 4.98 Å². The SMILES string of the molecule is CCN(CCC#N)c1ccc(C=Cc2cc(C(=O)O)c3ccccc3n2)c(C)c1. The number of aromatic carboxylic acids is 1. The van der Waals surface area contributed by atoms with E-state index in [9.17, 15) is 9.90 Å². The van der Waals surface area contributed by atoms with Crippen molar-refractivity contribution in [2.45, 2.75) is 20.3 Å². The summed E-state index contributed by atoms with van der Waals surface area (Å²) in [5, 5.41) is 19.0. The van der Waals surface area contributed by atoms with Crippen LogP contribution < -0.4 is 4.90 Å². The van der Waals surface area contributed by atoms with Gasteiger partial charge in [0.2, 0.25) is 0 Å². The highest BCUT2D eigenvalue weighted by molar-refractivity contribution is 6.03. The topological polar surface area (TPSA) is 77.2 Å². The third kappa shape index (κ3) is 4.61. The average Bonchev–Trinajstić information content (AvgIpc) is 2.73. The zero-order valence-electron chi connectivity index (χ0n) is 16.6. The second-order valence-corrected chi connectivity index (χ2v) is 6.78. The summed E-state index contributed by atoms with van der Waals surface area (Å²) >= 11 is 0. The number of para-hydroxylation sites is 1. The first-order valence-electron chi connectivity index (χ1n) is 9.57. The van der Waals surface area contributed by atoms with Gasteiger partial charge in [0, 0.05) is 24.2 Å². The highest BCUT2D eigenvalue weighted by Crippen LogP contribution is 2.23. The Morgan fingerprint density at radius 2 is 2.00 bits per heavy atom. The molecule has 146 valence electrons. The molecule has 0 fully saturated rings. The Labute approximate surface area is 170 Å². The lowest BCUT2D eigenvalue weighted by molar-refractivity contribution is 0.0699. The van der Waals surface area contributed by atoms with Crippen LogP contribution in [0.5, 0.6) is 0 Å². The molecule has 0 amide bonds. The number of nitriles is 1. The standard InChI is InChI=1S/C24H23N3O2/c1-3-27(14-6-13-25)20-12-10-18(17(2)15-20)9-11-19-16-22(24(28)29)21-7-4-5-8-23(21)26-19/h4-5,7-12,15-16H,3,6,14H2,1-2H3,(H,28,29). The molecule has 5 nitrogen and oxygen atoms in total. The van der Waals surface area contributed by atoms with Crippen LogP contribution in [-0.2, 0) is 0 Å². The van der Waals surface area contributed by atoms with E-state index in [0.717, 1.165) is 23.4 Å². The molecule has 3 rings (SSSR count). The molecular weight excluding hydrogens is 362 g/mol. The first-order chi connectivity index (χ1) is 14.0. The molecule has 0 aliphatic rings. The van der Waals surface area contributed by atoms with E-state index in [1.54, 1.807) is 12.1 Å². The summed E-state index contributed by atoms with van der Waals surface area (Å²) in [4.78, 5) is 18.4. The maximum Gasteiger partial charge on any atom is 0.336 e. The molecule has 2 aromatic carbocycles. The average molecular weight is 385 g/mol. The maximum atomic E-state index is 11.6. The van der Waals surface area contributed by atoms with Crippen LogP contribution in [0.1, 0.15) is 40.5 Å². The Bertz CT molecular complexity index is 1110. The van der Waals surface area contributed by atoms with Crippen molar-refractivity contribution in [1.29, 1.82) is 5.26 Å². The summed E-state index contributed by atoms with van der Waals surface area (Å²) in [6.07, 6.45) is 4.29. The van der Waals surface area contributed by atoms with Gasteiger partial charge in [-0.25, -0.2) is 9.78 Å². The maximum absolute atomic E-state index is 11.6. The molecule has 0 bridgehead atoms. The quantitative estimate of drug-likeness (QED) is 0.608. The number of nitrogens with zero attached hydrogens (tertiary/aromatic N) is 3. The van der Waals surface area contributed by atoms with Crippen molar-refractivity contribution in [2.24, 2.45) is 0 Å². The fraction of sp³-hybridized carbons (Fsp3) is 0.208. The van der Waals surface area contributed by atoms with Crippen LogP contribution in [-0.4, -0.2) is 29.1 Å². The molecule has 1 aromatic heterocycles. The van der Waals surface area contributed by atoms with Crippen LogP contribution in [0.15, 0.2) is 48.5 Å². The van der Waals surface area contributed by atoms with Gasteiger partial charge >= 0.3 is 5.97 Å². The van der Waals surface area contributed by atoms with Gasteiger partial charge in [-0.2, -0.15) is 5.26 Å². The molecule has 0 aliphatic carbocycles. The van der Waals surface area contributed by atoms with Crippen LogP contribution in [0.25, 0.3) is 23.1 Å². The zero-order valence-corrected chi connectivity index (χ0v) is 16.6. The van der Waals surface area contributed by atoms with Crippen LogP contribution >= 0.6 is 0 Å². The molecule has 0 saturated carbocycles. The van der Waals surface area contributed by atoms with Gasteiger partial charge in [-0.3, -0.25) is 0 Å². The number of rotatable bonds is 7. The lowest BCUT2D eigenvalue weighted by atomic mass is 10.0. The number of carboxylic acid groups (broad SMARTS) is 1. The van der Waals surface area contributed by atoms with Gasteiger partial charge in [-0.15, -0.1) is 0 Å². The monoisotopic (exact) mass is 385 g/mol. The van der Waals surface area contributed by atoms with Gasteiger partial charge in [0.25, 0.3) is 0 Å². The number of hydrogen-bond donors (Lipinski definition) is 1. The summed E-state index contributed by atoms with van der Waals surface area (Å²) in [6, 6.07) is 17.2. The summed E-state index contributed by atoms with van der Waals surface area (Å²) < 4.78 is 0. The number of benzene rings is 2. The van der Waals surface area contributed by atoms with E-state index >= 15 is 0 Å². The number of pyridine rings is 1. The van der Waals surface area contributed by atoms with Crippen LogP contribution in [0.2, 0.25) is 0 Å². The van der Waals surface area contributed by atoms with E-state index in [2.05, 4.69) is 28.9 Å². The molecule has 3 aromatic rings.